The Labute approximate surface area is 103 Å². The molecule has 0 aromatic rings. The molecule has 17 heavy (non-hydrogen) atoms. The van der Waals surface area contributed by atoms with Gasteiger partial charge in [0.1, 0.15) is 0 Å². The fraction of sp³-hybridized carbons (Fsp3) is 1.00. The Morgan fingerprint density at radius 1 is 0.588 bits per heavy atom. The molecule has 6 heteroatoms. The summed E-state index contributed by atoms with van der Waals surface area (Å²) >= 11 is 0. The van der Waals surface area contributed by atoms with Crippen LogP contribution in [0.2, 0.25) is 0 Å². The van der Waals surface area contributed by atoms with E-state index in [2.05, 4.69) is 0 Å². The monoisotopic (exact) mass is 278 g/mol. The van der Waals surface area contributed by atoms with Gasteiger partial charge in [-0.2, -0.15) is 0 Å². The second-order valence-corrected chi connectivity index (χ2v) is 10.3. The maximum atomic E-state index is 11.9. The third kappa shape index (κ3) is 1.67. The van der Waals surface area contributed by atoms with Gasteiger partial charge in [0.15, 0.2) is 19.7 Å². The zero-order valence-corrected chi connectivity index (χ0v) is 11.4. The van der Waals surface area contributed by atoms with E-state index < -0.39 is 30.5 Å². The Morgan fingerprint density at radius 3 is 1.29 bits per heavy atom. The van der Waals surface area contributed by atoms with Crippen molar-refractivity contribution >= 4 is 19.7 Å². The van der Waals surface area contributed by atoms with Crippen molar-refractivity contribution in [2.45, 2.75) is 32.1 Å². The van der Waals surface area contributed by atoms with Gasteiger partial charge in [0, 0.05) is 10.8 Å². The summed E-state index contributed by atoms with van der Waals surface area (Å²) in [6.45, 7) is 0. The molecule has 0 atom stereocenters. The molecule has 2 heterocycles. The maximum Gasteiger partial charge on any atom is 0.151 e. The predicted molar refractivity (Wildman–Crippen MR) is 65.3 cm³/mol. The molecule has 0 aromatic heterocycles. The van der Waals surface area contributed by atoms with Crippen LogP contribution in [-0.4, -0.2) is 39.8 Å². The minimum absolute atomic E-state index is 0.110. The van der Waals surface area contributed by atoms with E-state index in [4.69, 9.17) is 0 Å². The normalized spacial score (nSPS) is 47.1. The summed E-state index contributed by atoms with van der Waals surface area (Å²) in [6.07, 6.45) is 4.64. The van der Waals surface area contributed by atoms with Crippen LogP contribution in [0.15, 0.2) is 0 Å². The second kappa shape index (κ2) is 3.26. The first kappa shape index (κ1) is 12.0. The van der Waals surface area contributed by atoms with Gasteiger partial charge in [0.2, 0.25) is 0 Å². The van der Waals surface area contributed by atoms with Crippen molar-refractivity contribution in [1.82, 2.24) is 0 Å². The Morgan fingerprint density at radius 2 is 0.941 bits per heavy atom. The molecule has 3 fully saturated rings. The van der Waals surface area contributed by atoms with Gasteiger partial charge >= 0.3 is 0 Å². The molecule has 0 bridgehead atoms. The van der Waals surface area contributed by atoms with Crippen molar-refractivity contribution in [2.24, 2.45) is 10.8 Å². The highest BCUT2D eigenvalue weighted by atomic mass is 32.2. The van der Waals surface area contributed by atoms with Gasteiger partial charge in [0.25, 0.3) is 0 Å². The van der Waals surface area contributed by atoms with Crippen molar-refractivity contribution in [1.29, 1.82) is 0 Å². The molecule has 0 spiro atoms. The molecule has 2 aliphatic heterocycles. The van der Waals surface area contributed by atoms with E-state index >= 15 is 0 Å². The lowest BCUT2D eigenvalue weighted by molar-refractivity contribution is 0.149. The fourth-order valence-electron chi connectivity index (χ4n) is 4.40. The Balaban J connectivity index is 2.15. The summed E-state index contributed by atoms with van der Waals surface area (Å²) in [4.78, 5) is 0. The Kier molecular flexibility index (Phi) is 2.29. The van der Waals surface area contributed by atoms with Crippen LogP contribution in [0, 0.1) is 10.8 Å². The topological polar surface area (TPSA) is 68.3 Å². The number of rotatable bonds is 0. The zero-order chi connectivity index (χ0) is 12.4. The van der Waals surface area contributed by atoms with Crippen LogP contribution in [0.3, 0.4) is 0 Å². The average molecular weight is 278 g/mol. The van der Waals surface area contributed by atoms with Crippen molar-refractivity contribution in [2.75, 3.05) is 23.0 Å². The van der Waals surface area contributed by atoms with Gasteiger partial charge < -0.3 is 0 Å². The largest absolute Gasteiger partial charge is 0.229 e. The van der Waals surface area contributed by atoms with Crippen LogP contribution < -0.4 is 0 Å². The standard InChI is InChI=1S/C11H18O4S2/c12-16(13)6-10-4-2-1-3-5-11(10,8-16)9-17(14,15)7-10/h1-9H2. The number of sulfone groups is 2. The van der Waals surface area contributed by atoms with Gasteiger partial charge in [-0.25, -0.2) is 16.8 Å². The van der Waals surface area contributed by atoms with Crippen molar-refractivity contribution in [3.8, 4) is 0 Å². The molecule has 3 aliphatic rings. The summed E-state index contributed by atoms with van der Waals surface area (Å²) in [5.41, 5.74) is -0.887. The molecule has 0 aromatic carbocycles. The Hall–Kier alpha value is -0.100. The molecule has 98 valence electrons. The zero-order valence-electron chi connectivity index (χ0n) is 9.81. The highest BCUT2D eigenvalue weighted by Crippen LogP contribution is 2.60. The van der Waals surface area contributed by atoms with E-state index in [9.17, 15) is 16.8 Å². The van der Waals surface area contributed by atoms with Gasteiger partial charge in [-0.05, 0) is 12.8 Å². The van der Waals surface area contributed by atoms with Gasteiger partial charge in [-0.3, -0.25) is 0 Å². The van der Waals surface area contributed by atoms with E-state index in [1.54, 1.807) is 0 Å². The molecule has 0 N–H and O–H groups in total. The molecule has 4 nitrogen and oxygen atoms in total. The van der Waals surface area contributed by atoms with Gasteiger partial charge in [0.05, 0.1) is 23.0 Å². The second-order valence-electron chi connectivity index (χ2n) is 6.19. The highest BCUT2D eigenvalue weighted by Gasteiger charge is 2.67. The van der Waals surface area contributed by atoms with Crippen LogP contribution in [-0.2, 0) is 19.7 Å². The molecule has 1 saturated carbocycles. The van der Waals surface area contributed by atoms with Crippen LogP contribution in [0.1, 0.15) is 32.1 Å². The van der Waals surface area contributed by atoms with Crippen LogP contribution in [0.5, 0.6) is 0 Å². The Bertz CT molecular complexity index is 470. The number of hydrogen-bond donors (Lipinski definition) is 0. The maximum absolute atomic E-state index is 11.9. The third-order valence-electron chi connectivity index (χ3n) is 4.92. The first-order valence-corrected chi connectivity index (χ1v) is 9.84. The van der Waals surface area contributed by atoms with Crippen LogP contribution >= 0.6 is 0 Å². The first-order valence-electron chi connectivity index (χ1n) is 6.19. The van der Waals surface area contributed by atoms with Crippen LogP contribution in [0.4, 0.5) is 0 Å². The smallest absolute Gasteiger partial charge is 0.151 e. The van der Waals surface area contributed by atoms with E-state index in [1.807, 2.05) is 0 Å². The summed E-state index contributed by atoms with van der Waals surface area (Å²) in [6, 6.07) is 0. The molecule has 0 amide bonds. The molecule has 0 radical (unpaired) electrons. The first-order chi connectivity index (χ1) is 7.79. The van der Waals surface area contributed by atoms with Crippen molar-refractivity contribution < 1.29 is 16.8 Å². The fourth-order valence-corrected chi connectivity index (χ4v) is 10.4. The van der Waals surface area contributed by atoms with Crippen molar-refractivity contribution in [3.63, 3.8) is 0 Å². The molecular formula is C11H18O4S2. The predicted octanol–water partition coefficient (Wildman–Crippen LogP) is 0.780. The lowest BCUT2D eigenvalue weighted by Crippen LogP contribution is -2.38. The van der Waals surface area contributed by atoms with Gasteiger partial charge in [-0.15, -0.1) is 0 Å². The molecule has 3 rings (SSSR count). The van der Waals surface area contributed by atoms with Crippen LogP contribution in [0.25, 0.3) is 0 Å². The molecular weight excluding hydrogens is 260 g/mol. The van der Waals surface area contributed by atoms with E-state index in [-0.39, 0.29) is 23.0 Å². The average Bonchev–Trinajstić information content (AvgIpc) is 2.34. The van der Waals surface area contributed by atoms with E-state index in [0.717, 1.165) is 32.1 Å². The summed E-state index contributed by atoms with van der Waals surface area (Å²) in [5, 5.41) is 0. The third-order valence-corrected chi connectivity index (χ3v) is 8.89. The summed E-state index contributed by atoms with van der Waals surface area (Å²) in [7, 11) is -6.07. The quantitative estimate of drug-likeness (QED) is 0.656. The van der Waals surface area contributed by atoms with E-state index in [0.29, 0.717) is 0 Å². The molecule has 1 aliphatic carbocycles. The lowest BCUT2D eigenvalue weighted by Gasteiger charge is -2.35. The SMILES string of the molecule is O=S1(=O)CC23CCCCCC2(C1)CS(=O)(=O)C3. The lowest BCUT2D eigenvalue weighted by atomic mass is 9.65. The van der Waals surface area contributed by atoms with Gasteiger partial charge in [-0.1, -0.05) is 19.3 Å². The minimum Gasteiger partial charge on any atom is -0.229 e. The number of hydrogen-bond acceptors (Lipinski definition) is 4. The summed E-state index contributed by atoms with van der Waals surface area (Å²) in [5.74, 6) is 0.441. The molecule has 0 unspecified atom stereocenters. The highest BCUT2D eigenvalue weighted by molar-refractivity contribution is 7.93. The molecule has 2 saturated heterocycles. The van der Waals surface area contributed by atoms with Crippen molar-refractivity contribution in [3.05, 3.63) is 0 Å². The van der Waals surface area contributed by atoms with E-state index in [1.165, 1.54) is 0 Å². The summed E-state index contributed by atoms with van der Waals surface area (Å²) < 4.78 is 47.7. The minimum atomic E-state index is -3.04.